The topological polar surface area (TPSA) is 16.8 Å². The van der Waals surface area contributed by atoms with Crippen molar-refractivity contribution in [1.29, 1.82) is 0 Å². The summed E-state index contributed by atoms with van der Waals surface area (Å²) in [5, 5.41) is 0. The summed E-state index contributed by atoms with van der Waals surface area (Å²) in [6.07, 6.45) is 0. The first-order valence-corrected chi connectivity index (χ1v) is 7.66. The molecular weight excluding hydrogens is 272 g/mol. The molecule has 0 saturated carbocycles. The molecule has 1 heterocycles. The predicted molar refractivity (Wildman–Crippen MR) is 88.0 cm³/mol. The van der Waals surface area contributed by atoms with Crippen LogP contribution in [0.5, 0.6) is 0 Å². The largest absolute Gasteiger partial charge is 0.379 e. The summed E-state index contributed by atoms with van der Waals surface area (Å²) in [5.41, 5.74) is 3.29. The first kappa shape index (κ1) is 14.8. The van der Waals surface area contributed by atoms with Crippen LogP contribution in [0.15, 0.2) is 54.6 Å². The summed E-state index contributed by atoms with van der Waals surface area (Å²) in [6, 6.07) is 18.5. The minimum atomic E-state index is 0.367. The lowest BCUT2D eigenvalue weighted by atomic mass is 9.99. The Morgan fingerprint density at radius 3 is 2.59 bits per heavy atom. The molecule has 1 saturated heterocycles. The maximum absolute atomic E-state index is 7.04. The average molecular weight is 292 g/mol. The fraction of sp³-hybridized carbons (Fsp3) is 0.316. The third-order valence-electron chi connectivity index (χ3n) is 4.09. The summed E-state index contributed by atoms with van der Waals surface area (Å²) in [4.78, 5) is 5.91. The Kier molecular flexibility index (Phi) is 4.85. The van der Waals surface area contributed by atoms with Gasteiger partial charge in [-0.1, -0.05) is 54.6 Å². The highest BCUT2D eigenvalue weighted by Crippen LogP contribution is 2.23. The summed E-state index contributed by atoms with van der Waals surface area (Å²) >= 11 is 0. The quantitative estimate of drug-likeness (QED) is 0.799. The average Bonchev–Trinajstić information content (AvgIpc) is 2.81. The summed E-state index contributed by atoms with van der Waals surface area (Å²) in [6.45, 7) is 11.5. The molecule has 0 amide bonds. The lowest BCUT2D eigenvalue weighted by Gasteiger charge is -2.23. The van der Waals surface area contributed by atoms with E-state index in [0.29, 0.717) is 11.6 Å². The van der Waals surface area contributed by atoms with Crippen molar-refractivity contribution in [2.45, 2.75) is 12.5 Å². The van der Waals surface area contributed by atoms with Gasteiger partial charge in [0.1, 0.15) is 0 Å². The van der Waals surface area contributed by atoms with E-state index < -0.39 is 0 Å². The molecule has 2 aromatic rings. The molecule has 1 fully saturated rings. The summed E-state index contributed by atoms with van der Waals surface area (Å²) in [5.74, 6) is 0.367. The van der Waals surface area contributed by atoms with Gasteiger partial charge >= 0.3 is 0 Å². The third-order valence-corrected chi connectivity index (χ3v) is 4.09. The zero-order valence-corrected chi connectivity index (χ0v) is 12.6. The Balaban J connectivity index is 1.70. The molecule has 1 aliphatic rings. The second kappa shape index (κ2) is 7.22. The maximum atomic E-state index is 7.04. The second-order valence-corrected chi connectivity index (χ2v) is 5.70. The Morgan fingerprint density at radius 2 is 1.86 bits per heavy atom. The van der Waals surface area contributed by atoms with Crippen molar-refractivity contribution in [3.8, 4) is 0 Å². The number of ether oxygens (including phenoxy) is 1. The molecule has 3 nitrogen and oxygen atoms in total. The Bertz CT molecular complexity index is 631. The molecular formula is C19H20N2O. The van der Waals surface area contributed by atoms with E-state index in [1.165, 1.54) is 11.1 Å². The van der Waals surface area contributed by atoms with Crippen LogP contribution in [0.4, 0.5) is 5.69 Å². The number of hydrogen-bond donors (Lipinski definition) is 0. The fourth-order valence-electron chi connectivity index (χ4n) is 2.88. The number of benzene rings is 2. The van der Waals surface area contributed by atoms with Gasteiger partial charge in [0, 0.05) is 25.6 Å². The fourth-order valence-corrected chi connectivity index (χ4v) is 2.88. The van der Waals surface area contributed by atoms with Gasteiger partial charge in [-0.05, 0) is 11.1 Å². The van der Waals surface area contributed by atoms with Gasteiger partial charge in [-0.2, -0.15) is 0 Å². The Morgan fingerprint density at radius 1 is 1.09 bits per heavy atom. The van der Waals surface area contributed by atoms with E-state index in [-0.39, 0.29) is 0 Å². The molecule has 0 aromatic heterocycles. The lowest BCUT2D eigenvalue weighted by molar-refractivity contribution is 0.134. The van der Waals surface area contributed by atoms with Crippen LogP contribution < -0.4 is 0 Å². The lowest BCUT2D eigenvalue weighted by Crippen LogP contribution is -2.28. The minimum Gasteiger partial charge on any atom is -0.379 e. The van der Waals surface area contributed by atoms with E-state index >= 15 is 0 Å². The zero-order valence-electron chi connectivity index (χ0n) is 12.6. The highest BCUT2D eigenvalue weighted by atomic mass is 16.5. The highest BCUT2D eigenvalue weighted by Gasteiger charge is 2.20. The third kappa shape index (κ3) is 3.73. The van der Waals surface area contributed by atoms with E-state index in [4.69, 9.17) is 11.3 Å². The molecule has 3 heteroatoms. The van der Waals surface area contributed by atoms with Crippen molar-refractivity contribution in [3.63, 3.8) is 0 Å². The first-order valence-electron chi connectivity index (χ1n) is 7.66. The van der Waals surface area contributed by atoms with Gasteiger partial charge in [-0.15, -0.1) is 0 Å². The van der Waals surface area contributed by atoms with Crippen molar-refractivity contribution < 1.29 is 4.74 Å². The van der Waals surface area contributed by atoms with E-state index in [9.17, 15) is 0 Å². The Hall–Kier alpha value is -2.15. The van der Waals surface area contributed by atoms with Gasteiger partial charge < -0.3 is 4.74 Å². The van der Waals surface area contributed by atoms with Crippen molar-refractivity contribution in [2.24, 2.45) is 0 Å². The van der Waals surface area contributed by atoms with Gasteiger partial charge in [0.05, 0.1) is 19.8 Å². The first-order chi connectivity index (χ1) is 10.8. The molecule has 112 valence electrons. The number of rotatable bonds is 3. The standard InChI is InChI=1S/C19H20N2O/c1-20-19-9-7-17(8-10-19)18-14-21(11-12-22-15-18)13-16-5-3-2-4-6-16/h2-10,18H,11-15H2. The van der Waals surface area contributed by atoms with Gasteiger partial charge in [0.2, 0.25) is 0 Å². The van der Waals surface area contributed by atoms with Gasteiger partial charge in [-0.25, -0.2) is 4.85 Å². The van der Waals surface area contributed by atoms with Crippen molar-refractivity contribution >= 4 is 5.69 Å². The van der Waals surface area contributed by atoms with Crippen LogP contribution in [0.3, 0.4) is 0 Å². The summed E-state index contributed by atoms with van der Waals surface area (Å²) in [7, 11) is 0. The molecule has 22 heavy (non-hydrogen) atoms. The molecule has 0 N–H and O–H groups in total. The van der Waals surface area contributed by atoms with Crippen LogP contribution in [-0.4, -0.2) is 31.2 Å². The van der Waals surface area contributed by atoms with E-state index in [2.05, 4.69) is 52.2 Å². The number of hydrogen-bond acceptors (Lipinski definition) is 2. The zero-order chi connectivity index (χ0) is 15.2. The maximum Gasteiger partial charge on any atom is 0.187 e. The molecule has 3 rings (SSSR count). The van der Waals surface area contributed by atoms with Crippen LogP contribution in [0.2, 0.25) is 0 Å². The van der Waals surface area contributed by atoms with E-state index in [1.807, 2.05) is 12.1 Å². The molecule has 1 unspecified atom stereocenters. The molecule has 0 aliphatic carbocycles. The summed E-state index contributed by atoms with van der Waals surface area (Å²) < 4.78 is 5.78. The molecule has 0 radical (unpaired) electrons. The molecule has 0 spiro atoms. The minimum absolute atomic E-state index is 0.367. The van der Waals surface area contributed by atoms with Crippen LogP contribution in [0, 0.1) is 6.57 Å². The van der Waals surface area contributed by atoms with Crippen molar-refractivity contribution in [1.82, 2.24) is 4.90 Å². The van der Waals surface area contributed by atoms with Crippen molar-refractivity contribution in [2.75, 3.05) is 26.3 Å². The van der Waals surface area contributed by atoms with Gasteiger partial charge in [-0.3, -0.25) is 4.90 Å². The second-order valence-electron chi connectivity index (χ2n) is 5.70. The van der Waals surface area contributed by atoms with Gasteiger partial charge in [0.15, 0.2) is 5.69 Å². The smallest absolute Gasteiger partial charge is 0.187 e. The molecule has 1 atom stereocenters. The molecule has 0 bridgehead atoms. The predicted octanol–water partition coefficient (Wildman–Crippen LogP) is 3.85. The molecule has 2 aromatic carbocycles. The van der Waals surface area contributed by atoms with Crippen molar-refractivity contribution in [3.05, 3.63) is 77.1 Å². The Labute approximate surface area is 132 Å². The highest BCUT2D eigenvalue weighted by molar-refractivity contribution is 5.46. The normalized spacial score (nSPS) is 19.3. The van der Waals surface area contributed by atoms with E-state index in [0.717, 1.165) is 32.8 Å². The number of nitrogens with zero attached hydrogens (tertiary/aromatic N) is 2. The van der Waals surface area contributed by atoms with Crippen LogP contribution >= 0.6 is 0 Å². The SMILES string of the molecule is [C-]#[N+]c1ccc(C2COCCN(Cc3ccccc3)C2)cc1. The van der Waals surface area contributed by atoms with Crippen LogP contribution in [0.25, 0.3) is 4.85 Å². The van der Waals surface area contributed by atoms with Gasteiger partial charge in [0.25, 0.3) is 0 Å². The van der Waals surface area contributed by atoms with Crippen LogP contribution in [-0.2, 0) is 11.3 Å². The van der Waals surface area contributed by atoms with Crippen LogP contribution in [0.1, 0.15) is 17.0 Å². The molecule has 1 aliphatic heterocycles. The monoisotopic (exact) mass is 292 g/mol. The van der Waals surface area contributed by atoms with E-state index in [1.54, 1.807) is 0 Å².